The van der Waals surface area contributed by atoms with Crippen LogP contribution in [0.15, 0.2) is 60.7 Å². The lowest BCUT2D eigenvalue weighted by Crippen LogP contribution is -2.15. The third-order valence-electron chi connectivity index (χ3n) is 8.84. The van der Waals surface area contributed by atoms with Gasteiger partial charge in [0.1, 0.15) is 0 Å². The van der Waals surface area contributed by atoms with Crippen molar-refractivity contribution in [2.45, 2.75) is 103 Å². The molecule has 0 atom stereocenters. The Hall–Kier alpha value is -2.88. The van der Waals surface area contributed by atoms with E-state index in [2.05, 4.69) is 19.1 Å². The third kappa shape index (κ3) is 7.90. The Morgan fingerprint density at radius 1 is 0.659 bits per heavy atom. The van der Waals surface area contributed by atoms with Gasteiger partial charge in [-0.2, -0.15) is 0 Å². The zero-order chi connectivity index (χ0) is 29.2. The monoisotopic (exact) mass is 564 g/mol. The summed E-state index contributed by atoms with van der Waals surface area (Å²) in [6.07, 6.45) is 17.4. The molecule has 0 saturated heterocycles. The Morgan fingerprint density at radius 3 is 1.88 bits per heavy atom. The highest BCUT2D eigenvalue weighted by Gasteiger charge is 2.26. The highest BCUT2D eigenvalue weighted by molar-refractivity contribution is 5.71. The second kappa shape index (κ2) is 15.4. The van der Waals surface area contributed by atoms with Gasteiger partial charge in [-0.15, -0.1) is 0 Å². The summed E-state index contributed by atoms with van der Waals surface area (Å²) in [6.45, 7) is 4.20. The topological polar surface area (TPSA) is 0 Å². The number of halogens is 4. The van der Waals surface area contributed by atoms with Gasteiger partial charge in [-0.1, -0.05) is 99.7 Å². The molecule has 3 aromatic rings. The summed E-state index contributed by atoms with van der Waals surface area (Å²) >= 11 is 0. The van der Waals surface area contributed by atoms with Crippen LogP contribution in [0.2, 0.25) is 0 Å². The summed E-state index contributed by atoms with van der Waals surface area (Å²) in [5, 5.41) is 0. The van der Waals surface area contributed by atoms with Gasteiger partial charge in [-0.05, 0) is 92.4 Å². The quantitative estimate of drug-likeness (QED) is 0.110. The average Bonchev–Trinajstić information content (AvgIpc) is 2.99. The van der Waals surface area contributed by atoms with Crippen molar-refractivity contribution >= 4 is 0 Å². The first kappa shape index (κ1) is 31.1. The summed E-state index contributed by atoms with van der Waals surface area (Å²) in [5.74, 6) is -2.57. The first-order valence-electron chi connectivity index (χ1n) is 15.6. The van der Waals surface area contributed by atoms with Crippen LogP contribution in [0.1, 0.15) is 108 Å². The molecule has 1 aliphatic rings. The molecule has 41 heavy (non-hydrogen) atoms. The van der Waals surface area contributed by atoms with E-state index in [1.165, 1.54) is 19.3 Å². The van der Waals surface area contributed by atoms with Crippen LogP contribution < -0.4 is 0 Å². The van der Waals surface area contributed by atoms with Gasteiger partial charge < -0.3 is 0 Å². The average molecular weight is 565 g/mol. The van der Waals surface area contributed by atoms with Crippen molar-refractivity contribution < 1.29 is 17.6 Å². The van der Waals surface area contributed by atoms with Gasteiger partial charge in [0.25, 0.3) is 0 Å². The van der Waals surface area contributed by atoms with Crippen molar-refractivity contribution in [2.75, 3.05) is 0 Å². The lowest BCUT2D eigenvalue weighted by molar-refractivity contribution is 0.306. The summed E-state index contributed by atoms with van der Waals surface area (Å²) in [5.41, 5.74) is 2.22. The largest absolute Gasteiger partial charge is 0.203 e. The Bertz CT molecular complexity index is 1280. The normalized spacial score (nSPS) is 17.4. The summed E-state index contributed by atoms with van der Waals surface area (Å²) < 4.78 is 60.3. The molecule has 3 aromatic carbocycles. The van der Waals surface area contributed by atoms with Crippen molar-refractivity contribution in [1.29, 1.82) is 0 Å². The fourth-order valence-electron chi connectivity index (χ4n) is 6.29. The summed E-state index contributed by atoms with van der Waals surface area (Å²) in [7, 11) is 0. The SMILES string of the molecule is C/C=C/CCC1CCC(c2ccc(-c3ccc(-c4ccc(CCCCCCCC)c(F)c4F)cc3)c(F)c2F)CC1. The summed E-state index contributed by atoms with van der Waals surface area (Å²) in [6, 6.07) is 13.2. The van der Waals surface area contributed by atoms with E-state index in [1.807, 2.05) is 6.92 Å². The van der Waals surface area contributed by atoms with Crippen molar-refractivity contribution in [2.24, 2.45) is 5.92 Å². The van der Waals surface area contributed by atoms with Crippen LogP contribution in [0.4, 0.5) is 17.6 Å². The molecule has 4 heteroatoms. The maximum Gasteiger partial charge on any atom is 0.166 e. The van der Waals surface area contributed by atoms with E-state index in [9.17, 15) is 8.78 Å². The predicted molar refractivity (Wildman–Crippen MR) is 163 cm³/mol. The van der Waals surface area contributed by atoms with E-state index < -0.39 is 23.3 Å². The summed E-state index contributed by atoms with van der Waals surface area (Å²) in [4.78, 5) is 0. The van der Waals surface area contributed by atoms with Gasteiger partial charge in [0.2, 0.25) is 0 Å². The Labute approximate surface area is 243 Å². The van der Waals surface area contributed by atoms with Gasteiger partial charge in [0.05, 0.1) is 0 Å². The molecule has 1 aliphatic carbocycles. The van der Waals surface area contributed by atoms with E-state index >= 15 is 8.78 Å². The Balaban J connectivity index is 1.41. The first-order valence-corrected chi connectivity index (χ1v) is 15.6. The molecule has 220 valence electrons. The van der Waals surface area contributed by atoms with Crippen LogP contribution >= 0.6 is 0 Å². The second-order valence-electron chi connectivity index (χ2n) is 11.7. The molecule has 0 aliphatic heterocycles. The Morgan fingerprint density at radius 2 is 1.24 bits per heavy atom. The highest BCUT2D eigenvalue weighted by Crippen LogP contribution is 2.40. The molecule has 1 saturated carbocycles. The first-order chi connectivity index (χ1) is 19.9. The molecule has 4 rings (SSSR count). The van der Waals surface area contributed by atoms with Crippen LogP contribution in [0, 0.1) is 29.2 Å². The maximum atomic E-state index is 15.3. The molecule has 0 bridgehead atoms. The number of rotatable bonds is 13. The van der Waals surface area contributed by atoms with Crippen LogP contribution in [0.25, 0.3) is 22.3 Å². The zero-order valence-electron chi connectivity index (χ0n) is 24.6. The molecule has 0 radical (unpaired) electrons. The van der Waals surface area contributed by atoms with Crippen molar-refractivity contribution in [3.05, 3.63) is 95.1 Å². The van der Waals surface area contributed by atoms with E-state index in [0.29, 0.717) is 34.6 Å². The molecule has 0 heterocycles. The van der Waals surface area contributed by atoms with Gasteiger partial charge in [-0.25, -0.2) is 17.6 Å². The van der Waals surface area contributed by atoms with E-state index in [4.69, 9.17) is 0 Å². The van der Waals surface area contributed by atoms with Crippen LogP contribution in [0.3, 0.4) is 0 Å². The van der Waals surface area contributed by atoms with Crippen molar-refractivity contribution in [1.82, 2.24) is 0 Å². The smallest absolute Gasteiger partial charge is 0.166 e. The molecule has 1 fully saturated rings. The standard InChI is InChI=1S/C37H44F4/c1-3-5-7-8-9-11-13-30-22-23-31(35(39)34(30)38)28-18-20-29(21-19-28)33-25-24-32(36(40)37(33)41)27-16-14-26(15-17-27)12-10-6-4-2/h4,6,18-27H,3,5,7-17H2,1-2H3/b6-4+. The van der Waals surface area contributed by atoms with Crippen LogP contribution in [0.5, 0.6) is 0 Å². The minimum absolute atomic E-state index is 0.0424. The lowest BCUT2D eigenvalue weighted by Gasteiger charge is -2.29. The zero-order valence-corrected chi connectivity index (χ0v) is 24.6. The molecule has 0 N–H and O–H groups in total. The van der Waals surface area contributed by atoms with E-state index in [-0.39, 0.29) is 17.0 Å². The minimum Gasteiger partial charge on any atom is -0.203 e. The molecular weight excluding hydrogens is 520 g/mol. The molecule has 0 nitrogen and oxygen atoms in total. The molecule has 0 amide bonds. The van der Waals surface area contributed by atoms with Gasteiger partial charge in [0, 0.05) is 11.1 Å². The second-order valence-corrected chi connectivity index (χ2v) is 11.7. The predicted octanol–water partition coefficient (Wildman–Crippen LogP) is 12.1. The molecule has 0 unspecified atom stereocenters. The number of benzene rings is 3. The number of hydrogen-bond acceptors (Lipinski definition) is 0. The van der Waals surface area contributed by atoms with Crippen molar-refractivity contribution in [3.63, 3.8) is 0 Å². The number of unbranched alkanes of at least 4 members (excludes halogenated alkanes) is 5. The van der Waals surface area contributed by atoms with E-state index in [0.717, 1.165) is 57.8 Å². The fourth-order valence-corrected chi connectivity index (χ4v) is 6.29. The molecule has 0 spiro atoms. The van der Waals surface area contributed by atoms with E-state index in [1.54, 1.807) is 48.5 Å². The van der Waals surface area contributed by atoms with Gasteiger partial charge in [0.15, 0.2) is 23.3 Å². The van der Waals surface area contributed by atoms with Crippen LogP contribution in [-0.4, -0.2) is 0 Å². The van der Waals surface area contributed by atoms with Gasteiger partial charge in [-0.3, -0.25) is 0 Å². The Kier molecular flexibility index (Phi) is 11.7. The van der Waals surface area contributed by atoms with Crippen molar-refractivity contribution in [3.8, 4) is 22.3 Å². The fraction of sp³-hybridized carbons (Fsp3) is 0.459. The lowest BCUT2D eigenvalue weighted by atomic mass is 9.77. The third-order valence-corrected chi connectivity index (χ3v) is 8.84. The number of hydrogen-bond donors (Lipinski definition) is 0. The number of aryl methyl sites for hydroxylation is 1. The minimum atomic E-state index is -0.862. The molecular formula is C37H44F4. The van der Waals surface area contributed by atoms with Crippen LogP contribution in [-0.2, 0) is 6.42 Å². The maximum absolute atomic E-state index is 15.3. The van der Waals surface area contributed by atoms with Gasteiger partial charge >= 0.3 is 0 Å². The molecule has 0 aromatic heterocycles. The highest BCUT2D eigenvalue weighted by atomic mass is 19.2. The number of allylic oxidation sites excluding steroid dienone is 2.